The molecule has 2 saturated heterocycles. The van der Waals surface area contributed by atoms with Crippen molar-refractivity contribution in [1.29, 1.82) is 0 Å². The van der Waals surface area contributed by atoms with E-state index in [-0.39, 0.29) is 18.4 Å². The Morgan fingerprint density at radius 1 is 1.20 bits per heavy atom. The number of fused-ring (bicyclic) bond motifs is 2. The van der Waals surface area contributed by atoms with E-state index in [2.05, 4.69) is 16.9 Å². The lowest BCUT2D eigenvalue weighted by molar-refractivity contribution is -0.167. The Hall–Kier alpha value is -2.72. The maximum atomic E-state index is 12.3. The van der Waals surface area contributed by atoms with Gasteiger partial charge in [0.25, 0.3) is 0 Å². The van der Waals surface area contributed by atoms with Crippen LogP contribution in [0.25, 0.3) is 11.1 Å². The Morgan fingerprint density at radius 3 is 2.77 bits per heavy atom. The number of rotatable bonds is 8. The van der Waals surface area contributed by atoms with Crippen LogP contribution in [0.4, 0.5) is 5.82 Å². The highest BCUT2D eigenvalue weighted by Crippen LogP contribution is 2.54. The molecule has 35 heavy (non-hydrogen) atoms. The fourth-order valence-electron chi connectivity index (χ4n) is 4.76. The monoisotopic (exact) mass is 501 g/mol. The highest BCUT2D eigenvalue weighted by molar-refractivity contribution is 6.30. The number of aromatic nitrogens is 2. The average Bonchev–Trinajstić information content (AvgIpc) is 3.49. The highest BCUT2D eigenvalue weighted by atomic mass is 35.5. The topological polar surface area (TPSA) is 119 Å². The number of halogens is 1. The number of benzene rings is 1. The van der Waals surface area contributed by atoms with E-state index in [1.165, 1.54) is 6.33 Å². The van der Waals surface area contributed by atoms with E-state index >= 15 is 0 Å². The molecule has 0 saturated carbocycles. The summed E-state index contributed by atoms with van der Waals surface area (Å²) in [6.45, 7) is 4.06. The fraction of sp³-hybridized carbons (Fsp3) is 0.480. The van der Waals surface area contributed by atoms with E-state index in [4.69, 9.17) is 40.7 Å². The molecule has 0 spiro atoms. The zero-order chi connectivity index (χ0) is 24.6. The summed E-state index contributed by atoms with van der Waals surface area (Å²) in [6.07, 6.45) is 3.80. The van der Waals surface area contributed by atoms with Crippen LogP contribution >= 0.6 is 11.6 Å². The van der Waals surface area contributed by atoms with Crippen molar-refractivity contribution in [3.8, 4) is 0 Å². The van der Waals surface area contributed by atoms with Gasteiger partial charge >= 0.3 is 5.97 Å². The minimum atomic E-state index is -0.917. The summed E-state index contributed by atoms with van der Waals surface area (Å²) in [6, 6.07) is 7.29. The van der Waals surface area contributed by atoms with E-state index in [1.54, 1.807) is 18.4 Å². The number of furan rings is 1. The number of unbranched alkanes of at least 4 members (excludes halogenated alkanes) is 2. The number of nitrogens with zero attached hydrogens (tertiary/aromatic N) is 2. The minimum absolute atomic E-state index is 0.0469. The normalized spacial score (nSPS) is 27.9. The zero-order valence-corrected chi connectivity index (χ0v) is 20.4. The van der Waals surface area contributed by atoms with Gasteiger partial charge < -0.3 is 29.1 Å². The van der Waals surface area contributed by atoms with Crippen molar-refractivity contribution in [1.82, 2.24) is 9.97 Å². The quantitative estimate of drug-likeness (QED) is 0.339. The standard InChI is InChI=1S/C25H28ClN3O6/c1-3-4-5-6-18(30)31-12-17-22-25(2,35-24(34-22)14-7-9-15(26)10-8-14)21(33-17)16-11-32-20-19(16)28-13-29-23(20)27/h7-11,13,17,21-22,24H,3-6,12H2,1-2H3,(H2,27,28,29)/t17-,21+,22-,24?,25+/m1/s1. The summed E-state index contributed by atoms with van der Waals surface area (Å²) in [5.74, 6) is -0.0178. The first-order valence-electron chi connectivity index (χ1n) is 11.8. The molecule has 4 heterocycles. The van der Waals surface area contributed by atoms with Crippen molar-refractivity contribution in [2.75, 3.05) is 12.3 Å². The number of anilines is 1. The molecule has 1 unspecified atom stereocenters. The van der Waals surface area contributed by atoms with Crippen LogP contribution in [0.3, 0.4) is 0 Å². The van der Waals surface area contributed by atoms with Gasteiger partial charge in [0.05, 0.1) is 6.26 Å². The molecular weight excluding hydrogens is 474 g/mol. The number of hydrogen-bond acceptors (Lipinski definition) is 9. The van der Waals surface area contributed by atoms with E-state index < -0.39 is 30.2 Å². The molecule has 2 aliphatic heterocycles. The van der Waals surface area contributed by atoms with Crippen LogP contribution < -0.4 is 5.73 Å². The van der Waals surface area contributed by atoms with Gasteiger partial charge in [-0.15, -0.1) is 0 Å². The van der Waals surface area contributed by atoms with E-state index in [0.29, 0.717) is 28.1 Å². The Balaban J connectivity index is 1.43. The van der Waals surface area contributed by atoms with Gasteiger partial charge in [-0.05, 0) is 25.5 Å². The Kier molecular flexibility index (Phi) is 6.67. The smallest absolute Gasteiger partial charge is 0.305 e. The molecule has 10 heteroatoms. The summed E-state index contributed by atoms with van der Waals surface area (Å²) >= 11 is 6.06. The predicted molar refractivity (Wildman–Crippen MR) is 127 cm³/mol. The molecule has 2 aliphatic rings. The molecule has 0 bridgehead atoms. The molecule has 186 valence electrons. The molecule has 5 atom stereocenters. The van der Waals surface area contributed by atoms with Crippen LogP contribution in [0.1, 0.15) is 63.1 Å². The summed E-state index contributed by atoms with van der Waals surface area (Å²) in [5, 5.41) is 0.620. The van der Waals surface area contributed by atoms with Crippen molar-refractivity contribution < 1.29 is 28.2 Å². The first-order valence-corrected chi connectivity index (χ1v) is 12.2. The molecular formula is C25H28ClN3O6. The maximum Gasteiger partial charge on any atom is 0.305 e. The summed E-state index contributed by atoms with van der Waals surface area (Å²) in [7, 11) is 0. The third-order valence-electron chi connectivity index (χ3n) is 6.59. The van der Waals surface area contributed by atoms with Gasteiger partial charge in [-0.2, -0.15) is 0 Å². The van der Waals surface area contributed by atoms with Crippen LogP contribution in [-0.2, 0) is 23.7 Å². The lowest BCUT2D eigenvalue weighted by Crippen LogP contribution is -2.41. The van der Waals surface area contributed by atoms with Crippen molar-refractivity contribution >= 4 is 34.5 Å². The molecule has 5 rings (SSSR count). The van der Waals surface area contributed by atoms with Crippen molar-refractivity contribution in [3.63, 3.8) is 0 Å². The second kappa shape index (κ2) is 9.73. The zero-order valence-electron chi connectivity index (χ0n) is 19.6. The number of nitrogen functional groups attached to an aromatic ring is 1. The second-order valence-electron chi connectivity index (χ2n) is 9.06. The van der Waals surface area contributed by atoms with Crippen molar-refractivity contribution in [2.45, 2.75) is 69.7 Å². The molecule has 1 aromatic carbocycles. The third-order valence-corrected chi connectivity index (χ3v) is 6.84. The van der Waals surface area contributed by atoms with Crippen molar-refractivity contribution in [2.24, 2.45) is 0 Å². The highest BCUT2D eigenvalue weighted by Gasteiger charge is 2.62. The molecule has 0 radical (unpaired) electrons. The molecule has 2 fully saturated rings. The first kappa shape index (κ1) is 24.0. The fourth-order valence-corrected chi connectivity index (χ4v) is 4.88. The van der Waals surface area contributed by atoms with Crippen LogP contribution in [-0.4, -0.2) is 40.4 Å². The number of ether oxygens (including phenoxy) is 4. The van der Waals surface area contributed by atoms with Crippen LogP contribution in [0.5, 0.6) is 0 Å². The molecule has 0 aliphatic carbocycles. The second-order valence-corrected chi connectivity index (χ2v) is 9.50. The van der Waals surface area contributed by atoms with Gasteiger partial charge in [0.1, 0.15) is 42.4 Å². The van der Waals surface area contributed by atoms with Gasteiger partial charge in [-0.3, -0.25) is 4.79 Å². The lowest BCUT2D eigenvalue weighted by atomic mass is 9.89. The van der Waals surface area contributed by atoms with E-state index in [9.17, 15) is 4.79 Å². The van der Waals surface area contributed by atoms with Gasteiger partial charge in [0.15, 0.2) is 17.7 Å². The number of carbonyl (C=O) groups is 1. The van der Waals surface area contributed by atoms with E-state index in [1.807, 2.05) is 19.1 Å². The molecule has 2 N–H and O–H groups in total. The Bertz CT molecular complexity index is 1200. The Labute approximate surface area is 207 Å². The van der Waals surface area contributed by atoms with Gasteiger partial charge in [-0.1, -0.05) is 43.5 Å². The Morgan fingerprint density at radius 2 is 2.00 bits per heavy atom. The molecule has 2 aromatic heterocycles. The SMILES string of the molecule is CCCCCC(=O)OC[C@H]1O[C@@H](c2coc3c(N)ncnc23)[C@]2(C)OC(c3ccc(Cl)cc3)O[C@H]12. The number of esters is 1. The summed E-state index contributed by atoms with van der Waals surface area (Å²) in [5.41, 5.74) is 7.46. The largest absolute Gasteiger partial charge is 0.463 e. The van der Waals surface area contributed by atoms with Gasteiger partial charge in [-0.25, -0.2) is 9.97 Å². The summed E-state index contributed by atoms with van der Waals surface area (Å²) in [4.78, 5) is 20.6. The van der Waals surface area contributed by atoms with Crippen LogP contribution in [0, 0.1) is 0 Å². The molecule has 3 aromatic rings. The summed E-state index contributed by atoms with van der Waals surface area (Å²) < 4.78 is 30.5. The number of nitrogens with two attached hydrogens (primary N) is 1. The maximum absolute atomic E-state index is 12.3. The average molecular weight is 502 g/mol. The molecule has 9 nitrogen and oxygen atoms in total. The van der Waals surface area contributed by atoms with Crippen LogP contribution in [0.15, 0.2) is 41.3 Å². The minimum Gasteiger partial charge on any atom is -0.463 e. The van der Waals surface area contributed by atoms with E-state index in [0.717, 1.165) is 24.8 Å². The predicted octanol–water partition coefficient (Wildman–Crippen LogP) is 4.89. The molecule has 0 amide bonds. The van der Waals surface area contributed by atoms with Gasteiger partial charge in [0, 0.05) is 22.6 Å². The van der Waals surface area contributed by atoms with Crippen LogP contribution in [0.2, 0.25) is 5.02 Å². The first-order chi connectivity index (χ1) is 16.9. The third kappa shape index (κ3) is 4.49. The van der Waals surface area contributed by atoms with Gasteiger partial charge in [0.2, 0.25) is 0 Å². The number of carbonyl (C=O) groups excluding carboxylic acids is 1. The number of hydrogen-bond donors (Lipinski definition) is 1. The lowest BCUT2D eigenvalue weighted by Gasteiger charge is -2.27. The van der Waals surface area contributed by atoms with Crippen molar-refractivity contribution in [3.05, 3.63) is 53.0 Å².